The second kappa shape index (κ2) is 11.2. The number of rotatable bonds is 12. The molecule has 1 unspecified atom stereocenters. The van der Waals surface area contributed by atoms with Crippen LogP contribution < -0.4 is 0 Å². The minimum atomic E-state index is 0.814. The minimum absolute atomic E-state index is 0.814. The molecule has 0 bridgehead atoms. The van der Waals surface area contributed by atoms with Gasteiger partial charge in [-0.05, 0) is 24.7 Å². The van der Waals surface area contributed by atoms with Crippen LogP contribution in [0.15, 0.2) is 5.16 Å². The van der Waals surface area contributed by atoms with Crippen LogP contribution in [-0.2, 0) is 0 Å². The number of oxime groups is 1. The summed E-state index contributed by atoms with van der Waals surface area (Å²) in [5.41, 5.74) is 1.03. The van der Waals surface area contributed by atoms with E-state index in [-0.39, 0.29) is 0 Å². The molecule has 1 rings (SSSR count). The van der Waals surface area contributed by atoms with Gasteiger partial charge in [-0.3, -0.25) is 0 Å². The van der Waals surface area contributed by atoms with Gasteiger partial charge in [-0.2, -0.15) is 0 Å². The molecular weight excluding hydrogens is 246 g/mol. The molecule has 1 saturated carbocycles. The lowest BCUT2D eigenvalue weighted by atomic mass is 9.71. The van der Waals surface area contributed by atoms with E-state index in [1.165, 1.54) is 70.6 Å². The van der Waals surface area contributed by atoms with E-state index in [2.05, 4.69) is 19.0 Å². The van der Waals surface area contributed by atoms with Crippen LogP contribution in [0.1, 0.15) is 97.3 Å². The maximum atomic E-state index is 8.79. The van der Waals surface area contributed by atoms with Crippen molar-refractivity contribution >= 4 is 5.71 Å². The van der Waals surface area contributed by atoms with E-state index < -0.39 is 0 Å². The molecule has 1 aliphatic carbocycles. The van der Waals surface area contributed by atoms with Gasteiger partial charge in [-0.1, -0.05) is 89.6 Å². The minimum Gasteiger partial charge on any atom is -0.411 e. The average molecular weight is 281 g/mol. The second-order valence-electron chi connectivity index (χ2n) is 6.65. The lowest BCUT2D eigenvalue weighted by Crippen LogP contribution is -2.30. The smallest absolute Gasteiger partial charge is 0.0576 e. The Morgan fingerprint density at radius 1 is 0.900 bits per heavy atom. The van der Waals surface area contributed by atoms with E-state index in [1.54, 1.807) is 0 Å². The summed E-state index contributed by atoms with van der Waals surface area (Å²) in [6, 6.07) is 0. The summed E-state index contributed by atoms with van der Waals surface area (Å²) < 4.78 is 0. The van der Waals surface area contributed by atoms with Gasteiger partial charge in [0.2, 0.25) is 0 Å². The van der Waals surface area contributed by atoms with Crippen LogP contribution in [0.25, 0.3) is 0 Å². The summed E-state index contributed by atoms with van der Waals surface area (Å²) in [6.45, 7) is 4.56. The maximum absolute atomic E-state index is 8.79. The van der Waals surface area contributed by atoms with Crippen molar-refractivity contribution in [3.05, 3.63) is 0 Å². The third kappa shape index (κ3) is 6.76. The highest BCUT2D eigenvalue weighted by Gasteiger charge is 2.31. The summed E-state index contributed by atoms with van der Waals surface area (Å²) in [5.74, 6) is 1.70. The molecule has 2 nitrogen and oxygen atoms in total. The Kier molecular flexibility index (Phi) is 9.78. The van der Waals surface area contributed by atoms with Crippen molar-refractivity contribution in [1.29, 1.82) is 0 Å². The predicted octanol–water partition coefficient (Wildman–Crippen LogP) is 6.17. The number of hydrogen-bond donors (Lipinski definition) is 1. The maximum Gasteiger partial charge on any atom is 0.0576 e. The first kappa shape index (κ1) is 17.5. The van der Waals surface area contributed by atoms with Crippen LogP contribution in [0.5, 0.6) is 0 Å². The van der Waals surface area contributed by atoms with E-state index in [0.29, 0.717) is 0 Å². The fraction of sp³-hybridized carbons (Fsp3) is 0.944. The quantitative estimate of drug-likeness (QED) is 0.259. The average Bonchev–Trinajstić information content (AvgIpc) is 2.41. The summed E-state index contributed by atoms with van der Waals surface area (Å²) in [4.78, 5) is 0. The Hall–Kier alpha value is -0.530. The molecular formula is C18H35NO. The molecule has 0 aromatic heterocycles. The van der Waals surface area contributed by atoms with Crippen molar-refractivity contribution in [2.24, 2.45) is 17.0 Å². The topological polar surface area (TPSA) is 32.6 Å². The van der Waals surface area contributed by atoms with Crippen LogP contribution in [0.2, 0.25) is 0 Å². The van der Waals surface area contributed by atoms with Gasteiger partial charge in [0.05, 0.1) is 5.71 Å². The molecule has 118 valence electrons. The second-order valence-corrected chi connectivity index (χ2v) is 6.65. The molecule has 0 aromatic rings. The SMILES string of the molecule is CCCCCCCC(CCCCCC)C1CC(=NO)C1. The normalized spacial score (nSPS) is 19.7. The molecule has 1 atom stereocenters. The van der Waals surface area contributed by atoms with E-state index in [9.17, 15) is 0 Å². The van der Waals surface area contributed by atoms with Gasteiger partial charge in [0.15, 0.2) is 0 Å². The lowest BCUT2D eigenvalue weighted by molar-refractivity contribution is 0.246. The Morgan fingerprint density at radius 3 is 1.90 bits per heavy atom. The molecule has 0 radical (unpaired) electrons. The summed E-state index contributed by atoms with van der Waals surface area (Å²) in [6.07, 6.45) is 17.4. The van der Waals surface area contributed by atoms with Gasteiger partial charge < -0.3 is 5.21 Å². The van der Waals surface area contributed by atoms with Crippen molar-refractivity contribution < 1.29 is 5.21 Å². The van der Waals surface area contributed by atoms with E-state index in [0.717, 1.165) is 30.4 Å². The highest BCUT2D eigenvalue weighted by Crippen LogP contribution is 2.37. The van der Waals surface area contributed by atoms with Crippen molar-refractivity contribution in [1.82, 2.24) is 0 Å². The first-order valence-electron chi connectivity index (χ1n) is 9.01. The molecule has 1 N–H and O–H groups in total. The number of unbranched alkanes of at least 4 members (excludes halogenated alkanes) is 7. The zero-order valence-electron chi connectivity index (χ0n) is 13.7. The molecule has 0 aromatic carbocycles. The van der Waals surface area contributed by atoms with Crippen LogP contribution >= 0.6 is 0 Å². The number of hydrogen-bond acceptors (Lipinski definition) is 2. The Labute approximate surface area is 126 Å². The molecule has 0 amide bonds. The first-order chi connectivity index (χ1) is 9.81. The highest BCUT2D eigenvalue weighted by atomic mass is 16.4. The van der Waals surface area contributed by atoms with Gasteiger partial charge in [0.1, 0.15) is 0 Å². The Bertz CT molecular complexity index is 254. The molecule has 1 aliphatic rings. The zero-order chi connectivity index (χ0) is 14.6. The monoisotopic (exact) mass is 281 g/mol. The molecule has 1 fully saturated rings. The van der Waals surface area contributed by atoms with E-state index >= 15 is 0 Å². The third-order valence-corrected chi connectivity index (χ3v) is 4.91. The Morgan fingerprint density at radius 2 is 1.40 bits per heavy atom. The largest absolute Gasteiger partial charge is 0.411 e. The van der Waals surface area contributed by atoms with Gasteiger partial charge >= 0.3 is 0 Å². The molecule has 0 saturated heterocycles. The van der Waals surface area contributed by atoms with Crippen molar-refractivity contribution in [3.8, 4) is 0 Å². The summed E-state index contributed by atoms with van der Waals surface area (Å²) >= 11 is 0. The van der Waals surface area contributed by atoms with Crippen LogP contribution in [-0.4, -0.2) is 10.9 Å². The first-order valence-corrected chi connectivity index (χ1v) is 9.01. The van der Waals surface area contributed by atoms with Gasteiger partial charge in [-0.25, -0.2) is 0 Å². The van der Waals surface area contributed by atoms with Crippen LogP contribution in [0.3, 0.4) is 0 Å². The summed E-state index contributed by atoms with van der Waals surface area (Å²) in [5, 5.41) is 12.2. The Balaban J connectivity index is 2.20. The van der Waals surface area contributed by atoms with Gasteiger partial charge in [0, 0.05) is 0 Å². The lowest BCUT2D eigenvalue weighted by Gasteiger charge is -2.34. The van der Waals surface area contributed by atoms with Crippen LogP contribution in [0.4, 0.5) is 0 Å². The molecule has 0 heterocycles. The molecule has 0 spiro atoms. The van der Waals surface area contributed by atoms with Crippen molar-refractivity contribution in [2.45, 2.75) is 97.3 Å². The molecule has 20 heavy (non-hydrogen) atoms. The van der Waals surface area contributed by atoms with Crippen LogP contribution in [0, 0.1) is 11.8 Å². The summed E-state index contributed by atoms with van der Waals surface area (Å²) in [7, 11) is 0. The van der Waals surface area contributed by atoms with Crippen molar-refractivity contribution in [2.75, 3.05) is 0 Å². The standard InChI is InChI=1S/C18H35NO/c1-3-5-7-9-11-13-16(12-10-8-6-4-2)17-14-18(15-17)19-20/h16-17,20H,3-15H2,1-2H3. The van der Waals surface area contributed by atoms with Gasteiger partial charge in [-0.15, -0.1) is 0 Å². The fourth-order valence-corrected chi connectivity index (χ4v) is 3.42. The van der Waals surface area contributed by atoms with E-state index in [4.69, 9.17) is 5.21 Å². The van der Waals surface area contributed by atoms with E-state index in [1.807, 2.05) is 0 Å². The number of nitrogens with zero attached hydrogens (tertiary/aromatic N) is 1. The van der Waals surface area contributed by atoms with Crippen molar-refractivity contribution in [3.63, 3.8) is 0 Å². The van der Waals surface area contributed by atoms with Gasteiger partial charge in [0.25, 0.3) is 0 Å². The third-order valence-electron chi connectivity index (χ3n) is 4.91. The highest BCUT2D eigenvalue weighted by molar-refractivity contribution is 5.89. The molecule has 2 heteroatoms. The predicted molar refractivity (Wildman–Crippen MR) is 87.6 cm³/mol. The fourth-order valence-electron chi connectivity index (χ4n) is 3.42. The zero-order valence-corrected chi connectivity index (χ0v) is 13.7. The molecule has 0 aliphatic heterocycles.